The van der Waals surface area contributed by atoms with E-state index in [2.05, 4.69) is 15.5 Å². The zero-order valence-electron chi connectivity index (χ0n) is 12.9. The summed E-state index contributed by atoms with van der Waals surface area (Å²) < 4.78 is 5.23. The van der Waals surface area contributed by atoms with E-state index in [-0.39, 0.29) is 5.91 Å². The second-order valence-corrected chi connectivity index (χ2v) is 5.57. The lowest BCUT2D eigenvalue weighted by Gasteiger charge is -2.32. The van der Waals surface area contributed by atoms with Crippen LogP contribution in [0.3, 0.4) is 0 Å². The van der Waals surface area contributed by atoms with Crippen molar-refractivity contribution in [1.29, 1.82) is 0 Å². The van der Waals surface area contributed by atoms with Crippen LogP contribution in [-0.2, 0) is 0 Å². The van der Waals surface area contributed by atoms with E-state index in [1.54, 1.807) is 6.92 Å². The smallest absolute Gasteiger partial charge is 0.258 e. The molecule has 22 heavy (non-hydrogen) atoms. The molecule has 116 valence electrons. The summed E-state index contributed by atoms with van der Waals surface area (Å²) >= 11 is 0. The highest BCUT2D eigenvalue weighted by molar-refractivity contribution is 6.00. The van der Waals surface area contributed by atoms with Crippen molar-refractivity contribution in [1.82, 2.24) is 20.4 Å². The number of likely N-dealkylation sites (tertiary alicyclic amines) is 1. The van der Waals surface area contributed by atoms with Gasteiger partial charge in [0.05, 0.1) is 11.1 Å². The molecular weight excluding hydrogens is 280 g/mol. The highest BCUT2D eigenvalue weighted by Crippen LogP contribution is 2.24. The van der Waals surface area contributed by atoms with Gasteiger partial charge in [-0.3, -0.25) is 4.79 Å². The first kappa shape index (κ1) is 14.7. The number of aryl methyl sites for hydroxylation is 1. The molecule has 1 N–H and O–H groups in total. The molecule has 1 unspecified atom stereocenters. The van der Waals surface area contributed by atoms with Gasteiger partial charge in [-0.1, -0.05) is 17.3 Å². The van der Waals surface area contributed by atoms with E-state index in [0.29, 0.717) is 28.9 Å². The number of aromatic nitrogens is 2. The predicted octanol–water partition coefficient (Wildman–Crippen LogP) is 1.87. The maximum atomic E-state index is 12.9. The van der Waals surface area contributed by atoms with Crippen LogP contribution in [-0.4, -0.2) is 47.1 Å². The molecule has 1 aromatic heterocycles. The molecule has 1 fully saturated rings. The molecule has 0 saturated carbocycles. The van der Waals surface area contributed by atoms with Gasteiger partial charge in [-0.05, 0) is 38.9 Å². The van der Waals surface area contributed by atoms with Gasteiger partial charge < -0.3 is 14.7 Å². The van der Waals surface area contributed by atoms with Gasteiger partial charge in [0.2, 0.25) is 0 Å². The van der Waals surface area contributed by atoms with Crippen molar-refractivity contribution in [2.24, 2.45) is 0 Å². The number of hydrogen-bond donors (Lipinski definition) is 1. The predicted molar refractivity (Wildman–Crippen MR) is 82.5 cm³/mol. The van der Waals surface area contributed by atoms with E-state index in [1.807, 2.05) is 36.2 Å². The van der Waals surface area contributed by atoms with Crippen molar-refractivity contribution >= 4 is 5.91 Å². The quantitative estimate of drug-likeness (QED) is 0.937. The van der Waals surface area contributed by atoms with Gasteiger partial charge in [0.25, 0.3) is 11.8 Å². The fourth-order valence-electron chi connectivity index (χ4n) is 2.83. The first-order valence-corrected chi connectivity index (χ1v) is 7.55. The van der Waals surface area contributed by atoms with Crippen LogP contribution >= 0.6 is 0 Å². The lowest BCUT2D eigenvalue weighted by molar-refractivity contribution is 0.0698. The van der Waals surface area contributed by atoms with Crippen molar-refractivity contribution < 1.29 is 9.32 Å². The van der Waals surface area contributed by atoms with Crippen LogP contribution in [0.5, 0.6) is 0 Å². The molecule has 6 heteroatoms. The lowest BCUT2D eigenvalue weighted by atomic mass is 10.0. The maximum Gasteiger partial charge on any atom is 0.258 e. The number of rotatable bonds is 3. The average Bonchev–Trinajstić information content (AvgIpc) is 3.00. The Morgan fingerprint density at radius 2 is 2.23 bits per heavy atom. The molecule has 1 aliphatic rings. The highest BCUT2D eigenvalue weighted by Gasteiger charge is 2.26. The van der Waals surface area contributed by atoms with Gasteiger partial charge in [0.1, 0.15) is 0 Å². The van der Waals surface area contributed by atoms with E-state index < -0.39 is 0 Å². The topological polar surface area (TPSA) is 71.3 Å². The molecular formula is C16H20N4O2. The van der Waals surface area contributed by atoms with Crippen molar-refractivity contribution in [3.05, 3.63) is 35.7 Å². The number of hydrogen-bond acceptors (Lipinski definition) is 5. The Kier molecular flexibility index (Phi) is 4.20. The van der Waals surface area contributed by atoms with Crippen LogP contribution in [0.25, 0.3) is 11.5 Å². The zero-order valence-corrected chi connectivity index (χ0v) is 12.9. The van der Waals surface area contributed by atoms with E-state index in [1.165, 1.54) is 0 Å². The molecule has 1 aromatic carbocycles. The summed E-state index contributed by atoms with van der Waals surface area (Å²) in [5.41, 5.74) is 1.31. The molecule has 0 aliphatic carbocycles. The molecule has 6 nitrogen and oxygen atoms in total. The third-order valence-electron chi connectivity index (χ3n) is 4.03. The minimum absolute atomic E-state index is 0.0198. The zero-order chi connectivity index (χ0) is 15.5. The summed E-state index contributed by atoms with van der Waals surface area (Å²) in [5.74, 6) is 0.973. The van der Waals surface area contributed by atoms with Crippen molar-refractivity contribution in [2.75, 3.05) is 20.1 Å². The first-order chi connectivity index (χ1) is 10.7. The van der Waals surface area contributed by atoms with E-state index in [0.717, 1.165) is 25.9 Å². The monoisotopic (exact) mass is 300 g/mol. The SMILES string of the molecule is CNC1CCCN(C(=O)c2ccccc2-c2nc(C)no2)C1. The van der Waals surface area contributed by atoms with Gasteiger partial charge in [0.15, 0.2) is 5.82 Å². The van der Waals surface area contributed by atoms with Crippen molar-refractivity contribution in [3.63, 3.8) is 0 Å². The number of nitrogens with one attached hydrogen (secondary N) is 1. The number of piperidine rings is 1. The maximum absolute atomic E-state index is 12.9. The fourth-order valence-corrected chi connectivity index (χ4v) is 2.83. The molecule has 1 saturated heterocycles. The van der Waals surface area contributed by atoms with Crippen LogP contribution in [0.15, 0.2) is 28.8 Å². The fraction of sp³-hybridized carbons (Fsp3) is 0.438. The lowest BCUT2D eigenvalue weighted by Crippen LogP contribution is -2.47. The Hall–Kier alpha value is -2.21. The van der Waals surface area contributed by atoms with Crippen LogP contribution in [0.4, 0.5) is 0 Å². The van der Waals surface area contributed by atoms with Crippen LogP contribution in [0.1, 0.15) is 29.0 Å². The second-order valence-electron chi connectivity index (χ2n) is 5.57. The van der Waals surface area contributed by atoms with Gasteiger partial charge in [-0.15, -0.1) is 0 Å². The van der Waals surface area contributed by atoms with Crippen molar-refractivity contribution in [2.45, 2.75) is 25.8 Å². The first-order valence-electron chi connectivity index (χ1n) is 7.55. The summed E-state index contributed by atoms with van der Waals surface area (Å²) in [7, 11) is 1.94. The number of carbonyl (C=O) groups excluding carboxylic acids is 1. The van der Waals surface area contributed by atoms with Gasteiger partial charge >= 0.3 is 0 Å². The van der Waals surface area contributed by atoms with Crippen LogP contribution in [0, 0.1) is 6.92 Å². The van der Waals surface area contributed by atoms with Crippen LogP contribution in [0.2, 0.25) is 0 Å². The Bertz CT molecular complexity index is 668. The van der Waals surface area contributed by atoms with Gasteiger partial charge in [0, 0.05) is 19.1 Å². The van der Waals surface area contributed by atoms with Crippen molar-refractivity contribution in [3.8, 4) is 11.5 Å². The minimum atomic E-state index is 0.0198. The molecule has 1 atom stereocenters. The normalized spacial score (nSPS) is 18.5. The van der Waals surface area contributed by atoms with Crippen LogP contribution < -0.4 is 5.32 Å². The van der Waals surface area contributed by atoms with Gasteiger partial charge in [-0.25, -0.2) is 0 Å². The minimum Gasteiger partial charge on any atom is -0.337 e. The van der Waals surface area contributed by atoms with Gasteiger partial charge in [-0.2, -0.15) is 4.98 Å². The third-order valence-corrected chi connectivity index (χ3v) is 4.03. The summed E-state index contributed by atoms with van der Waals surface area (Å²) in [6, 6.07) is 7.76. The largest absolute Gasteiger partial charge is 0.337 e. The van der Waals surface area contributed by atoms with E-state index in [4.69, 9.17) is 4.52 Å². The standard InChI is InChI=1S/C16H20N4O2/c1-11-18-15(22-19-11)13-7-3-4-8-14(13)16(21)20-9-5-6-12(10-20)17-2/h3-4,7-8,12,17H,5-6,9-10H2,1-2H3. The van der Waals surface area contributed by atoms with E-state index >= 15 is 0 Å². The summed E-state index contributed by atoms with van der Waals surface area (Å²) in [6.07, 6.45) is 2.11. The third kappa shape index (κ3) is 2.87. The Labute approximate surface area is 129 Å². The number of benzene rings is 1. The number of likely N-dealkylation sites (N-methyl/N-ethyl adjacent to an activating group) is 1. The summed E-state index contributed by atoms with van der Waals surface area (Å²) in [4.78, 5) is 19.0. The summed E-state index contributed by atoms with van der Waals surface area (Å²) in [5, 5.41) is 7.07. The molecule has 1 amide bonds. The summed E-state index contributed by atoms with van der Waals surface area (Å²) in [6.45, 7) is 3.28. The Morgan fingerprint density at radius 3 is 2.95 bits per heavy atom. The molecule has 3 rings (SSSR count). The molecule has 2 aromatic rings. The van der Waals surface area contributed by atoms with E-state index in [9.17, 15) is 4.79 Å². The second kappa shape index (κ2) is 6.27. The molecule has 1 aliphatic heterocycles. The Morgan fingerprint density at radius 1 is 1.41 bits per heavy atom. The molecule has 0 radical (unpaired) electrons. The number of amides is 1. The molecule has 2 heterocycles. The average molecular weight is 300 g/mol. The highest BCUT2D eigenvalue weighted by atomic mass is 16.5. The number of carbonyl (C=O) groups is 1. The molecule has 0 bridgehead atoms. The molecule has 0 spiro atoms. The number of nitrogens with zero attached hydrogens (tertiary/aromatic N) is 3. The Balaban J connectivity index is 1.90.